The fraction of sp³-hybridized carbons (Fsp3) is 0.655. The summed E-state index contributed by atoms with van der Waals surface area (Å²) in [4.78, 5) is 25.9. The molecule has 0 bridgehead atoms. The Kier molecular flexibility index (Phi) is 56.1. The highest BCUT2D eigenvalue weighted by Crippen LogP contribution is 2.39. The van der Waals surface area contributed by atoms with Gasteiger partial charge in [0.05, 0.1) is 37.6 Å². The monoisotopic (exact) mass is 1990 g/mol. The first-order valence-corrected chi connectivity index (χ1v) is 76.6. The molecule has 754 valence electrons. The first kappa shape index (κ1) is 117. The molecule has 0 aromatic heterocycles. The number of hydrogen-bond acceptors (Lipinski definition) is 16. The van der Waals surface area contributed by atoms with E-state index in [0.717, 1.165) is 160 Å². The number of hydrogen-bond donors (Lipinski definition) is 0. The summed E-state index contributed by atoms with van der Waals surface area (Å²) in [7, 11) is -20.4. The van der Waals surface area contributed by atoms with Crippen molar-refractivity contribution in [2.75, 3.05) is 26.4 Å². The molecule has 6 aromatic carbocycles. The van der Waals surface area contributed by atoms with Crippen molar-refractivity contribution in [2.24, 2.45) is 0 Å². The zero-order chi connectivity index (χ0) is 97.5. The van der Waals surface area contributed by atoms with Gasteiger partial charge in [0.25, 0.3) is 0 Å². The van der Waals surface area contributed by atoms with E-state index in [1.165, 1.54) is 180 Å². The van der Waals surface area contributed by atoms with Gasteiger partial charge in [-0.2, -0.15) is 0 Å². The van der Waals surface area contributed by atoms with Crippen LogP contribution in [0.2, 0.25) is 117 Å². The molecule has 0 aliphatic heterocycles. The van der Waals surface area contributed by atoms with E-state index < -0.39 is 79.5 Å². The van der Waals surface area contributed by atoms with Crippen LogP contribution >= 0.6 is 0 Å². The van der Waals surface area contributed by atoms with E-state index in [9.17, 15) is 9.59 Å². The molecule has 0 N–H and O–H groups in total. The van der Waals surface area contributed by atoms with Gasteiger partial charge in [0.2, 0.25) is 0 Å². The van der Waals surface area contributed by atoms with Gasteiger partial charge in [0, 0.05) is 0 Å². The topological polar surface area (TPSA) is 163 Å². The molecule has 0 radical (unpaired) electrons. The minimum atomic E-state index is -3.14. The van der Waals surface area contributed by atoms with Gasteiger partial charge in [0.15, 0.2) is 33.3 Å². The van der Waals surface area contributed by atoms with Crippen LogP contribution in [0, 0.1) is 0 Å². The maximum absolute atomic E-state index is 12.9. The Morgan fingerprint density at radius 1 is 0.224 bits per heavy atom. The summed E-state index contributed by atoms with van der Waals surface area (Å²) in [5.41, 5.74) is 2.75. The van der Waals surface area contributed by atoms with Gasteiger partial charge in [-0.15, -0.1) is 0 Å². The third kappa shape index (κ3) is 51.6. The molecule has 0 saturated carbocycles. The summed E-state index contributed by atoms with van der Waals surface area (Å²) in [5, 5.41) is 0. The normalized spacial score (nSPS) is 14.4. The SMILES string of the molecule is CCCCCCCCCCC(Oc1ccc(-c2ccc(OC(CCCCCCCCCC)[Si](C)(O[Si](C)(C)C)O[Si](C)(CCCCCCCCCCCOc3ccc(C(=O)Oc4ccc(OCCCCCC)cc4)cc3)O[Si](C)(C)C)cc2)cc1)[Si](C)(O[Si](C)(C)C)O[Si](C)(CCCCCCCCCCCOc1ccc(C(=O)Oc2ccc(OCCCCCC)cc2)cc1)O[Si](C)(C)C. The standard InChI is InChI=1S/C110H186O16Si8/c1-21-25-29-33-35-43-49-55-63-107(133(19,123-129(11,12)13)125-131(17,121-127(5,6)7)93-61-53-47-41-37-39-45-51-59-91-113-99-73-69-97(70-74-99)109(111)119-105-85-81-101(82-86-105)115-89-57-31-27-23-3)117-103-77-65-95(66-78-103)96-67-79-104(80-68-96)118-108(64-56-50-44-36-34-30-26-22-2)134(20,124-130(14,15)16)126-132(18,122-128(8,9)10)94-62-54-48-42-38-40-46-52-60-92-114-100-75-71-98(72-76-100)110(112)120-106-87-83-102(84-88-106)116-90-58-32-28-24-4/h65-88,107-108H,21-64,89-94H2,1-20H3. The Bertz CT molecular complexity index is 3790. The Morgan fingerprint density at radius 3 is 0.687 bits per heavy atom. The molecule has 0 fully saturated rings. The third-order valence-electron chi connectivity index (χ3n) is 24.2. The highest BCUT2D eigenvalue weighted by molar-refractivity contribution is 6.91. The van der Waals surface area contributed by atoms with Gasteiger partial charge >= 0.3 is 46.2 Å². The van der Waals surface area contributed by atoms with Crippen molar-refractivity contribution in [3.8, 4) is 57.1 Å². The van der Waals surface area contributed by atoms with Crippen molar-refractivity contribution in [2.45, 2.75) is 439 Å². The van der Waals surface area contributed by atoms with Gasteiger partial charge in [-0.25, -0.2) is 9.59 Å². The van der Waals surface area contributed by atoms with Gasteiger partial charge in [0.1, 0.15) is 57.5 Å². The highest BCUT2D eigenvalue weighted by Gasteiger charge is 2.54. The number of carbonyl (C=O) groups excluding carboxylic acids is 2. The van der Waals surface area contributed by atoms with E-state index in [0.29, 0.717) is 49.1 Å². The number of benzene rings is 6. The molecule has 6 aromatic rings. The molecule has 0 amide bonds. The Balaban J connectivity index is 1.03. The molecule has 134 heavy (non-hydrogen) atoms. The average Bonchev–Trinajstić information content (AvgIpc) is 0.786. The molecule has 6 rings (SSSR count). The summed E-state index contributed by atoms with van der Waals surface area (Å²) in [6, 6.07) is 48.4. The quantitative estimate of drug-likeness (QED) is 0.0153. The zero-order valence-corrected chi connectivity index (χ0v) is 95.9. The van der Waals surface area contributed by atoms with Gasteiger partial charge in [-0.05, 0) is 301 Å². The lowest BCUT2D eigenvalue weighted by Crippen LogP contribution is -2.64. The van der Waals surface area contributed by atoms with Crippen LogP contribution in [0.4, 0.5) is 0 Å². The van der Waals surface area contributed by atoms with Gasteiger partial charge in [-0.1, -0.05) is 283 Å². The number of rotatable bonds is 79. The lowest BCUT2D eigenvalue weighted by atomic mass is 10.1. The molecule has 16 nitrogen and oxygen atoms in total. The van der Waals surface area contributed by atoms with Crippen LogP contribution in [0.15, 0.2) is 146 Å². The van der Waals surface area contributed by atoms with Crippen LogP contribution in [0.3, 0.4) is 0 Å². The molecular weight excluding hydrogens is 1800 g/mol. The van der Waals surface area contributed by atoms with E-state index in [-0.39, 0.29) is 11.5 Å². The molecule has 6 atom stereocenters. The van der Waals surface area contributed by atoms with Crippen LogP contribution in [-0.2, 0) is 24.7 Å². The Hall–Kier alpha value is -5.44. The number of esters is 2. The highest BCUT2D eigenvalue weighted by atomic mass is 28.5. The third-order valence-corrected chi connectivity index (χ3v) is 53.0. The summed E-state index contributed by atoms with van der Waals surface area (Å²) < 4.78 is 95.5. The Labute approximate surface area is 824 Å². The lowest BCUT2D eigenvalue weighted by molar-refractivity contribution is 0.0725. The molecule has 24 heteroatoms. The molecule has 6 unspecified atom stereocenters. The van der Waals surface area contributed by atoms with Crippen LogP contribution in [-0.4, -0.2) is 117 Å². The van der Waals surface area contributed by atoms with Crippen molar-refractivity contribution in [3.63, 3.8) is 0 Å². The van der Waals surface area contributed by atoms with Crippen LogP contribution < -0.4 is 37.9 Å². The van der Waals surface area contributed by atoms with Crippen LogP contribution in [0.25, 0.3) is 11.1 Å². The lowest BCUT2D eigenvalue weighted by Gasteiger charge is -2.45. The molecule has 0 aliphatic rings. The minimum absolute atomic E-state index is 0.227. The number of carbonyl (C=O) groups is 2. The van der Waals surface area contributed by atoms with Crippen molar-refractivity contribution in [3.05, 3.63) is 157 Å². The van der Waals surface area contributed by atoms with Crippen molar-refractivity contribution in [1.29, 1.82) is 0 Å². The van der Waals surface area contributed by atoms with Crippen LogP contribution in [0.1, 0.15) is 331 Å². The zero-order valence-electron chi connectivity index (χ0n) is 87.9. The second-order valence-corrected chi connectivity index (χ2v) is 75.0. The molecule has 0 saturated heterocycles. The predicted molar refractivity (Wildman–Crippen MR) is 580 cm³/mol. The second-order valence-electron chi connectivity index (χ2n) is 42.3. The molecule has 0 aliphatic carbocycles. The molecular formula is C110H186O16Si8. The van der Waals surface area contributed by atoms with E-state index >= 15 is 0 Å². The molecule has 0 heterocycles. The fourth-order valence-electron chi connectivity index (χ4n) is 17.8. The van der Waals surface area contributed by atoms with E-state index in [1.54, 1.807) is 48.5 Å². The van der Waals surface area contributed by atoms with E-state index in [2.05, 4.69) is 181 Å². The number of ether oxygens (including phenoxy) is 8. The van der Waals surface area contributed by atoms with Gasteiger partial charge in [-0.3, -0.25) is 0 Å². The van der Waals surface area contributed by atoms with E-state index in [4.69, 9.17) is 62.6 Å². The predicted octanol–water partition coefficient (Wildman–Crippen LogP) is 34.3. The summed E-state index contributed by atoms with van der Waals surface area (Å²) >= 11 is 0. The molecule has 0 spiro atoms. The van der Waals surface area contributed by atoms with Gasteiger partial charge < -0.3 is 62.6 Å². The summed E-state index contributed by atoms with van der Waals surface area (Å²) in [6.45, 7) is 48.8. The smallest absolute Gasteiger partial charge is 0.358 e. The fourth-order valence-corrected chi connectivity index (χ4v) is 54.6. The minimum Gasteiger partial charge on any atom is -0.494 e. The van der Waals surface area contributed by atoms with E-state index in [1.807, 2.05) is 48.5 Å². The van der Waals surface area contributed by atoms with Crippen LogP contribution in [0.5, 0.6) is 46.0 Å². The number of unbranched alkanes of at least 4 members (excludes halogenated alkanes) is 36. The Morgan fingerprint density at radius 2 is 0.433 bits per heavy atom. The first-order valence-electron chi connectivity index (χ1n) is 53.1. The first-order chi connectivity index (χ1) is 64.0. The maximum atomic E-state index is 12.9. The summed E-state index contributed by atoms with van der Waals surface area (Å²) in [6.07, 6.45) is 51.6. The second kappa shape index (κ2) is 64.1. The van der Waals surface area contributed by atoms with Crippen molar-refractivity contribution < 1.29 is 72.2 Å². The van der Waals surface area contributed by atoms with Crippen molar-refractivity contribution >= 4 is 79.5 Å². The van der Waals surface area contributed by atoms with Crippen molar-refractivity contribution in [1.82, 2.24) is 0 Å². The largest absolute Gasteiger partial charge is 0.494 e. The summed E-state index contributed by atoms with van der Waals surface area (Å²) in [5.74, 6) is 4.95. The average molecular weight is 1990 g/mol. The maximum Gasteiger partial charge on any atom is 0.358 e.